The van der Waals surface area contributed by atoms with Gasteiger partial charge in [0.2, 0.25) is 15.9 Å². The molecular formula is C10H19N5O3S. The quantitative estimate of drug-likeness (QED) is 0.570. The fraction of sp³-hybridized carbons (Fsp3) is 0.600. The van der Waals surface area contributed by atoms with Gasteiger partial charge in [0.1, 0.15) is 6.54 Å². The molecule has 0 aliphatic heterocycles. The van der Waals surface area contributed by atoms with E-state index in [9.17, 15) is 13.2 Å². The molecule has 1 rings (SSSR count). The molecule has 0 bridgehead atoms. The van der Waals surface area contributed by atoms with Crippen LogP contribution in [0.15, 0.2) is 0 Å². The number of carbonyl (C=O) groups excluding carboxylic acids is 1. The summed E-state index contributed by atoms with van der Waals surface area (Å²) < 4.78 is 22.9. The predicted octanol–water partition coefficient (Wildman–Crippen LogP) is -1.12. The van der Waals surface area contributed by atoms with E-state index in [0.717, 1.165) is 5.69 Å². The molecule has 0 fully saturated rings. The molecule has 0 aliphatic carbocycles. The summed E-state index contributed by atoms with van der Waals surface area (Å²) in [5, 5.41) is 11.6. The minimum atomic E-state index is -3.48. The van der Waals surface area contributed by atoms with Crippen LogP contribution in [0.2, 0.25) is 0 Å². The molecule has 0 atom stereocenters. The highest BCUT2D eigenvalue weighted by Gasteiger charge is 2.11. The number of sulfonamides is 1. The van der Waals surface area contributed by atoms with Crippen LogP contribution in [0.1, 0.15) is 17.8 Å². The van der Waals surface area contributed by atoms with Crippen LogP contribution in [0.3, 0.4) is 0 Å². The first-order chi connectivity index (χ1) is 8.70. The highest BCUT2D eigenvalue weighted by Crippen LogP contribution is 2.14. The molecule has 0 saturated heterocycles. The van der Waals surface area contributed by atoms with E-state index in [2.05, 4.69) is 10.4 Å². The van der Waals surface area contributed by atoms with E-state index < -0.39 is 10.0 Å². The molecule has 108 valence electrons. The molecule has 9 heteroatoms. The highest BCUT2D eigenvalue weighted by molar-refractivity contribution is 7.89. The fourth-order valence-corrected chi connectivity index (χ4v) is 2.10. The molecular weight excluding hydrogens is 270 g/mol. The van der Waals surface area contributed by atoms with Gasteiger partial charge in [-0.1, -0.05) is 0 Å². The minimum Gasteiger partial charge on any atom is -0.396 e. The number of primary sulfonamides is 1. The number of nitrogens with zero attached hydrogens (tertiary/aromatic N) is 2. The van der Waals surface area contributed by atoms with E-state index in [0.29, 0.717) is 11.4 Å². The Morgan fingerprint density at radius 2 is 2.05 bits per heavy atom. The minimum absolute atomic E-state index is 0.0548. The number of nitrogens with one attached hydrogen (secondary N) is 1. The van der Waals surface area contributed by atoms with Crippen molar-refractivity contribution in [3.63, 3.8) is 0 Å². The van der Waals surface area contributed by atoms with Crippen LogP contribution in [0.25, 0.3) is 0 Å². The van der Waals surface area contributed by atoms with Gasteiger partial charge in [0.05, 0.1) is 22.8 Å². The van der Waals surface area contributed by atoms with Crippen molar-refractivity contribution in [3.8, 4) is 0 Å². The van der Waals surface area contributed by atoms with Crippen molar-refractivity contribution in [1.82, 2.24) is 15.1 Å². The Morgan fingerprint density at radius 3 is 2.53 bits per heavy atom. The van der Waals surface area contributed by atoms with Gasteiger partial charge >= 0.3 is 0 Å². The molecule has 0 saturated carbocycles. The second kappa shape index (κ2) is 6.02. The summed E-state index contributed by atoms with van der Waals surface area (Å²) >= 11 is 0. The van der Waals surface area contributed by atoms with Gasteiger partial charge in [-0.25, -0.2) is 13.6 Å². The third-order valence-corrected chi connectivity index (χ3v) is 3.52. The third kappa shape index (κ3) is 4.87. The Hall–Kier alpha value is -1.61. The average Bonchev–Trinajstić information content (AvgIpc) is 2.51. The maximum absolute atomic E-state index is 11.6. The van der Waals surface area contributed by atoms with Crippen molar-refractivity contribution >= 4 is 21.6 Å². The molecule has 1 aromatic rings. The van der Waals surface area contributed by atoms with Gasteiger partial charge in [0.25, 0.3) is 0 Å². The van der Waals surface area contributed by atoms with Gasteiger partial charge in [-0.15, -0.1) is 0 Å². The van der Waals surface area contributed by atoms with E-state index >= 15 is 0 Å². The zero-order valence-corrected chi connectivity index (χ0v) is 11.8. The number of hydrogen-bond acceptors (Lipinski definition) is 5. The topological polar surface area (TPSA) is 133 Å². The maximum atomic E-state index is 11.6. The highest BCUT2D eigenvalue weighted by atomic mass is 32.2. The Bertz CT molecular complexity index is 564. The number of nitrogens with two attached hydrogens (primary N) is 2. The number of hydrogen-bond donors (Lipinski definition) is 3. The molecule has 19 heavy (non-hydrogen) atoms. The van der Waals surface area contributed by atoms with Gasteiger partial charge in [-0.05, 0) is 20.3 Å². The van der Waals surface area contributed by atoms with E-state index in [-0.39, 0.29) is 31.2 Å². The lowest BCUT2D eigenvalue weighted by Crippen LogP contribution is -2.30. The molecule has 0 unspecified atom stereocenters. The first-order valence-electron chi connectivity index (χ1n) is 5.77. The number of amides is 1. The summed E-state index contributed by atoms with van der Waals surface area (Å²) in [6.45, 7) is 3.86. The summed E-state index contributed by atoms with van der Waals surface area (Å²) in [5.41, 5.74) is 7.74. The van der Waals surface area contributed by atoms with Gasteiger partial charge in [-0.3, -0.25) is 9.48 Å². The van der Waals surface area contributed by atoms with Crippen molar-refractivity contribution < 1.29 is 13.2 Å². The molecule has 0 spiro atoms. The Morgan fingerprint density at radius 1 is 1.42 bits per heavy atom. The Kier molecular flexibility index (Phi) is 4.90. The summed E-state index contributed by atoms with van der Waals surface area (Å²) in [4.78, 5) is 11.6. The second-order valence-electron chi connectivity index (χ2n) is 4.31. The standard InChI is InChI=1S/C10H19N5O3S/c1-7-10(11)8(2)15(14-7)6-9(16)13-4-3-5-19(12,17)18/h3-6,11H2,1-2H3,(H,13,16)(H2,12,17,18). The van der Waals surface area contributed by atoms with E-state index in [1.807, 2.05) is 0 Å². The van der Waals surface area contributed by atoms with E-state index in [4.69, 9.17) is 10.9 Å². The SMILES string of the molecule is Cc1nn(CC(=O)NCCCS(N)(=O)=O)c(C)c1N. The van der Waals surface area contributed by atoms with Crippen LogP contribution in [-0.4, -0.2) is 36.4 Å². The van der Waals surface area contributed by atoms with Crippen molar-refractivity contribution in [2.75, 3.05) is 18.0 Å². The monoisotopic (exact) mass is 289 g/mol. The van der Waals surface area contributed by atoms with Crippen LogP contribution in [0.4, 0.5) is 5.69 Å². The fourth-order valence-electron chi connectivity index (χ4n) is 1.56. The first kappa shape index (κ1) is 15.4. The number of rotatable bonds is 6. The van der Waals surface area contributed by atoms with Crippen molar-refractivity contribution in [1.29, 1.82) is 0 Å². The molecule has 8 nitrogen and oxygen atoms in total. The normalized spacial score (nSPS) is 11.5. The lowest BCUT2D eigenvalue weighted by atomic mass is 10.3. The van der Waals surface area contributed by atoms with Crippen molar-refractivity contribution in [3.05, 3.63) is 11.4 Å². The van der Waals surface area contributed by atoms with Crippen LogP contribution in [-0.2, 0) is 21.4 Å². The van der Waals surface area contributed by atoms with Crippen LogP contribution < -0.4 is 16.2 Å². The van der Waals surface area contributed by atoms with Crippen LogP contribution in [0.5, 0.6) is 0 Å². The summed E-state index contributed by atoms with van der Waals surface area (Å²) in [6, 6.07) is 0. The van der Waals surface area contributed by atoms with E-state index in [1.165, 1.54) is 4.68 Å². The smallest absolute Gasteiger partial charge is 0.241 e. The lowest BCUT2D eigenvalue weighted by Gasteiger charge is -2.06. The summed E-state index contributed by atoms with van der Waals surface area (Å²) in [6.07, 6.45) is 0.282. The maximum Gasteiger partial charge on any atom is 0.241 e. The number of aryl methyl sites for hydroxylation is 1. The zero-order chi connectivity index (χ0) is 14.6. The molecule has 1 aromatic heterocycles. The molecule has 5 N–H and O–H groups in total. The lowest BCUT2D eigenvalue weighted by molar-refractivity contribution is -0.121. The molecule has 0 aromatic carbocycles. The van der Waals surface area contributed by atoms with Gasteiger partial charge in [-0.2, -0.15) is 5.10 Å². The van der Waals surface area contributed by atoms with Crippen molar-refractivity contribution in [2.45, 2.75) is 26.8 Å². The molecule has 1 heterocycles. The second-order valence-corrected chi connectivity index (χ2v) is 6.05. The van der Waals surface area contributed by atoms with Crippen molar-refractivity contribution in [2.24, 2.45) is 5.14 Å². The van der Waals surface area contributed by atoms with Crippen LogP contribution >= 0.6 is 0 Å². The van der Waals surface area contributed by atoms with Gasteiger partial charge in [0.15, 0.2) is 0 Å². The Balaban J connectivity index is 2.41. The van der Waals surface area contributed by atoms with E-state index in [1.54, 1.807) is 13.8 Å². The summed E-state index contributed by atoms with van der Waals surface area (Å²) in [7, 11) is -3.48. The average molecular weight is 289 g/mol. The molecule has 0 radical (unpaired) electrons. The van der Waals surface area contributed by atoms with Gasteiger partial charge < -0.3 is 11.1 Å². The first-order valence-corrected chi connectivity index (χ1v) is 7.49. The number of aromatic nitrogens is 2. The number of carbonyl (C=O) groups is 1. The molecule has 0 aliphatic rings. The third-order valence-electron chi connectivity index (χ3n) is 2.66. The largest absolute Gasteiger partial charge is 0.396 e. The molecule has 1 amide bonds. The predicted molar refractivity (Wildman–Crippen MR) is 71.7 cm³/mol. The summed E-state index contributed by atoms with van der Waals surface area (Å²) in [5.74, 6) is -0.403. The Labute approximate surface area is 112 Å². The number of nitrogen functional groups attached to an aromatic ring is 1. The van der Waals surface area contributed by atoms with Gasteiger partial charge in [0, 0.05) is 6.54 Å². The zero-order valence-electron chi connectivity index (χ0n) is 11.0. The van der Waals surface area contributed by atoms with Crippen LogP contribution in [0, 0.1) is 13.8 Å². The number of anilines is 1.